The van der Waals surface area contributed by atoms with Gasteiger partial charge in [-0.05, 0) is 76.1 Å². The van der Waals surface area contributed by atoms with Gasteiger partial charge in [-0.1, -0.05) is 50.1 Å². The molecule has 0 spiro atoms. The molecule has 0 aromatic carbocycles. The molecule has 30 heavy (non-hydrogen) atoms. The lowest BCUT2D eigenvalue weighted by molar-refractivity contribution is 0.898. The lowest BCUT2D eigenvalue weighted by Gasteiger charge is -2.12. The second-order valence-electron chi connectivity index (χ2n) is 7.30. The molecule has 2 heterocycles. The van der Waals surface area contributed by atoms with Crippen molar-refractivity contribution in [2.45, 2.75) is 34.6 Å². The summed E-state index contributed by atoms with van der Waals surface area (Å²) in [5.41, 5.74) is 10.5. The van der Waals surface area contributed by atoms with Gasteiger partial charge in [0.1, 0.15) is 0 Å². The number of rotatable bonds is 8. The van der Waals surface area contributed by atoms with Crippen molar-refractivity contribution >= 4 is 42.2 Å². The van der Waals surface area contributed by atoms with Gasteiger partial charge in [0, 0.05) is 41.0 Å². The van der Waals surface area contributed by atoms with E-state index in [1.165, 1.54) is 22.4 Å². The molecular formula is C28H34N2. The molecule has 0 atom stereocenters. The summed E-state index contributed by atoms with van der Waals surface area (Å²) < 4.78 is 4.49. The van der Waals surface area contributed by atoms with E-state index < -0.39 is 0 Å². The third kappa shape index (κ3) is 4.04. The van der Waals surface area contributed by atoms with E-state index in [4.69, 9.17) is 0 Å². The molecule has 0 saturated heterocycles. The molecule has 2 heteroatoms. The van der Waals surface area contributed by atoms with Crippen molar-refractivity contribution in [1.29, 1.82) is 0 Å². The van der Waals surface area contributed by atoms with Gasteiger partial charge in [-0.2, -0.15) is 0 Å². The van der Waals surface area contributed by atoms with Crippen LogP contribution in [0.15, 0.2) is 44.0 Å². The molecule has 0 aliphatic heterocycles. The van der Waals surface area contributed by atoms with Crippen LogP contribution in [0.25, 0.3) is 42.2 Å². The molecule has 0 aliphatic carbocycles. The Kier molecular flexibility index (Phi) is 7.66. The van der Waals surface area contributed by atoms with Gasteiger partial charge in [0.25, 0.3) is 0 Å². The van der Waals surface area contributed by atoms with E-state index in [1.54, 1.807) is 6.08 Å². The van der Waals surface area contributed by atoms with E-state index in [0.29, 0.717) is 0 Å². The Morgan fingerprint density at radius 2 is 1.37 bits per heavy atom. The zero-order valence-electron chi connectivity index (χ0n) is 19.3. The number of allylic oxidation sites excluding steroid dienone is 5. The van der Waals surface area contributed by atoms with Crippen LogP contribution in [0.3, 0.4) is 0 Å². The minimum Gasteiger partial charge on any atom is -0.344 e. The summed E-state index contributed by atoms with van der Waals surface area (Å²) in [6, 6.07) is 0. The van der Waals surface area contributed by atoms with Crippen molar-refractivity contribution < 1.29 is 0 Å². The molecule has 0 radical (unpaired) electrons. The molecule has 0 unspecified atom stereocenters. The second-order valence-corrected chi connectivity index (χ2v) is 7.30. The fraction of sp³-hybridized carbons (Fsp3) is 0.214. The molecule has 0 bridgehead atoms. The molecule has 156 valence electrons. The Morgan fingerprint density at radius 3 is 1.90 bits per heavy atom. The number of aromatic nitrogens is 2. The van der Waals surface area contributed by atoms with Crippen LogP contribution < -0.4 is 0 Å². The van der Waals surface area contributed by atoms with Crippen molar-refractivity contribution in [3.05, 3.63) is 89.1 Å². The van der Waals surface area contributed by atoms with Crippen LogP contribution in [0, 0.1) is 13.8 Å². The molecule has 2 aromatic heterocycles. The molecule has 0 saturated carbocycles. The number of nitrogens with zero attached hydrogens (tertiary/aromatic N) is 2. The fourth-order valence-electron chi connectivity index (χ4n) is 4.06. The first kappa shape index (κ1) is 23.0. The highest BCUT2D eigenvalue weighted by molar-refractivity contribution is 5.83. The standard InChI is InChI=1S/C28H34N2/c1-10-15-18-26-22(8)24(25(14-5)29(26)9)19-20(6)30-27(16-11-2)21(7)23(13-4)28(30)17-12-3/h10-19H,1,4-5H2,2-3,6-9H3/b16-11-,17-12-,18-15-,20-19+. The van der Waals surface area contributed by atoms with Crippen LogP contribution >= 0.6 is 0 Å². The highest BCUT2D eigenvalue weighted by Crippen LogP contribution is 2.32. The maximum absolute atomic E-state index is 4.06. The Balaban J connectivity index is 2.86. The van der Waals surface area contributed by atoms with Crippen LogP contribution in [0.2, 0.25) is 0 Å². The molecule has 2 rings (SSSR count). The fourth-order valence-corrected chi connectivity index (χ4v) is 4.06. The van der Waals surface area contributed by atoms with Crippen molar-refractivity contribution in [1.82, 2.24) is 9.13 Å². The molecular weight excluding hydrogens is 364 g/mol. The molecule has 0 fully saturated rings. The highest BCUT2D eigenvalue weighted by atomic mass is 15.0. The Bertz CT molecular complexity index is 1090. The third-order valence-corrected chi connectivity index (χ3v) is 5.48. The summed E-state index contributed by atoms with van der Waals surface area (Å²) in [4.78, 5) is 0. The smallest absolute Gasteiger partial charge is 0.0530 e. The van der Waals surface area contributed by atoms with Gasteiger partial charge < -0.3 is 9.13 Å². The zero-order valence-corrected chi connectivity index (χ0v) is 19.3. The Labute approximate surface area is 182 Å². The molecule has 0 amide bonds. The zero-order chi connectivity index (χ0) is 22.4. The Hall–Kier alpha value is -3.26. The van der Waals surface area contributed by atoms with Gasteiger partial charge >= 0.3 is 0 Å². The summed E-state index contributed by atoms with van der Waals surface area (Å²) in [6.07, 6.45) is 20.5. The predicted octanol–water partition coefficient (Wildman–Crippen LogP) is 8.01. The maximum atomic E-state index is 4.06. The summed E-state index contributed by atoms with van der Waals surface area (Å²) >= 11 is 0. The van der Waals surface area contributed by atoms with E-state index in [-0.39, 0.29) is 0 Å². The first-order valence-electron chi connectivity index (χ1n) is 10.3. The first-order chi connectivity index (χ1) is 14.4. The summed E-state index contributed by atoms with van der Waals surface area (Å²) in [7, 11) is 2.07. The van der Waals surface area contributed by atoms with E-state index in [2.05, 4.69) is 93.1 Å². The minimum absolute atomic E-state index is 1.10. The molecule has 2 nitrogen and oxygen atoms in total. The van der Waals surface area contributed by atoms with Crippen molar-refractivity contribution in [3.63, 3.8) is 0 Å². The van der Waals surface area contributed by atoms with Gasteiger partial charge in [-0.15, -0.1) is 0 Å². The maximum Gasteiger partial charge on any atom is 0.0530 e. The van der Waals surface area contributed by atoms with E-state index >= 15 is 0 Å². The van der Waals surface area contributed by atoms with Crippen molar-refractivity contribution in [2.75, 3.05) is 0 Å². The average molecular weight is 399 g/mol. The predicted molar refractivity (Wildman–Crippen MR) is 138 cm³/mol. The topological polar surface area (TPSA) is 9.86 Å². The van der Waals surface area contributed by atoms with Crippen LogP contribution in [-0.4, -0.2) is 9.13 Å². The van der Waals surface area contributed by atoms with Gasteiger partial charge in [-0.3, -0.25) is 0 Å². The van der Waals surface area contributed by atoms with E-state index in [0.717, 1.165) is 28.3 Å². The Morgan fingerprint density at radius 1 is 0.767 bits per heavy atom. The highest BCUT2D eigenvalue weighted by Gasteiger charge is 2.18. The average Bonchev–Trinajstić information content (AvgIpc) is 3.11. The molecule has 0 N–H and O–H groups in total. The van der Waals surface area contributed by atoms with Crippen LogP contribution in [-0.2, 0) is 7.05 Å². The largest absolute Gasteiger partial charge is 0.344 e. The lowest BCUT2D eigenvalue weighted by atomic mass is 10.1. The van der Waals surface area contributed by atoms with Crippen LogP contribution in [0.1, 0.15) is 65.8 Å². The van der Waals surface area contributed by atoms with Crippen molar-refractivity contribution in [2.24, 2.45) is 7.05 Å². The third-order valence-electron chi connectivity index (χ3n) is 5.48. The van der Waals surface area contributed by atoms with Gasteiger partial charge in [0.2, 0.25) is 0 Å². The monoisotopic (exact) mass is 398 g/mol. The van der Waals surface area contributed by atoms with Crippen molar-refractivity contribution in [3.8, 4) is 0 Å². The van der Waals surface area contributed by atoms with Gasteiger partial charge in [0.05, 0.1) is 5.69 Å². The van der Waals surface area contributed by atoms with Gasteiger partial charge in [-0.25, -0.2) is 0 Å². The SMILES string of the molecule is C=C/C=C\c1c(C)c(/C=C(\C)n2c(/C=C\C)c(C)c(C=C)c2/C=C\C)c(C=C)n1C. The first-order valence-corrected chi connectivity index (χ1v) is 10.3. The number of hydrogen-bond acceptors (Lipinski definition) is 0. The van der Waals surface area contributed by atoms with Crippen LogP contribution in [0.5, 0.6) is 0 Å². The van der Waals surface area contributed by atoms with E-state index in [9.17, 15) is 0 Å². The second kappa shape index (κ2) is 9.98. The normalized spacial score (nSPS) is 12.5. The van der Waals surface area contributed by atoms with E-state index in [1.807, 2.05) is 32.1 Å². The molecule has 0 aliphatic rings. The minimum atomic E-state index is 1.10. The van der Waals surface area contributed by atoms with Crippen LogP contribution in [0.4, 0.5) is 0 Å². The summed E-state index contributed by atoms with van der Waals surface area (Å²) in [5, 5.41) is 0. The summed E-state index contributed by atoms with van der Waals surface area (Å²) in [6.45, 7) is 22.5. The lowest BCUT2D eigenvalue weighted by Crippen LogP contribution is -2.00. The van der Waals surface area contributed by atoms with Gasteiger partial charge in [0.15, 0.2) is 0 Å². The molecule has 2 aromatic rings. The summed E-state index contributed by atoms with van der Waals surface area (Å²) in [5.74, 6) is 0. The quantitative estimate of drug-likeness (QED) is 0.398. The number of hydrogen-bond donors (Lipinski definition) is 0.